The highest BCUT2D eigenvalue weighted by Gasteiger charge is 2.46. The van der Waals surface area contributed by atoms with Gasteiger partial charge in [-0.3, -0.25) is 9.59 Å². The lowest BCUT2D eigenvalue weighted by Crippen LogP contribution is -2.30. The summed E-state index contributed by atoms with van der Waals surface area (Å²) in [6, 6.07) is 13.0. The number of fused-ring (bicyclic) bond motifs is 4. The molecule has 0 bridgehead atoms. The third kappa shape index (κ3) is 8.61. The Morgan fingerprint density at radius 1 is 0.534 bits per heavy atom. The Labute approximate surface area is 341 Å². The number of rotatable bonds is 13. The molecule has 2 aliphatic carbocycles. The average molecular weight is 783 g/mol. The van der Waals surface area contributed by atoms with Crippen LogP contribution in [0.15, 0.2) is 95.1 Å². The molecule has 0 saturated heterocycles. The number of phenols is 4. The SMILES string of the molecule is CC(C)=CCC=C(C)CCOc1cc(O)c2c(c1)[C@H]([C@@H]1c3cc(C)cc(O)c3C(=O)c3c(O)cc(OCC=C(C)CCC=C(C)C)cc31)c1cc(C)cc(O)c1C2=O. The van der Waals surface area contributed by atoms with Crippen molar-refractivity contribution < 1.29 is 39.5 Å². The predicted octanol–water partition coefficient (Wildman–Crippen LogP) is 11.3. The average Bonchev–Trinajstić information content (AvgIpc) is 3.11. The summed E-state index contributed by atoms with van der Waals surface area (Å²) in [6.45, 7) is 16.5. The number of ether oxygens (including phenoxy) is 2. The molecule has 4 N–H and O–H groups in total. The van der Waals surface area contributed by atoms with Crippen molar-refractivity contribution in [3.63, 3.8) is 0 Å². The molecule has 2 aliphatic rings. The largest absolute Gasteiger partial charge is 0.507 e. The van der Waals surface area contributed by atoms with E-state index in [0.29, 0.717) is 57.9 Å². The molecule has 0 radical (unpaired) electrons. The predicted molar refractivity (Wildman–Crippen MR) is 228 cm³/mol. The van der Waals surface area contributed by atoms with E-state index in [-0.39, 0.29) is 51.9 Å². The summed E-state index contributed by atoms with van der Waals surface area (Å²) >= 11 is 0. The molecule has 302 valence electrons. The molecule has 58 heavy (non-hydrogen) atoms. The molecule has 0 aliphatic heterocycles. The topological polar surface area (TPSA) is 134 Å². The van der Waals surface area contributed by atoms with Crippen molar-refractivity contribution in [3.8, 4) is 34.5 Å². The molecule has 8 heteroatoms. The minimum absolute atomic E-state index is 0.00123. The molecule has 0 fully saturated rings. The fraction of sp³-hybridized carbons (Fsp3) is 0.320. The first-order valence-electron chi connectivity index (χ1n) is 19.9. The zero-order valence-corrected chi connectivity index (χ0v) is 34.7. The van der Waals surface area contributed by atoms with Gasteiger partial charge in [0.2, 0.25) is 11.6 Å². The van der Waals surface area contributed by atoms with E-state index in [1.807, 2.05) is 45.9 Å². The van der Waals surface area contributed by atoms with E-state index < -0.39 is 23.4 Å². The van der Waals surface area contributed by atoms with E-state index in [0.717, 1.165) is 30.4 Å². The minimum Gasteiger partial charge on any atom is -0.507 e. The van der Waals surface area contributed by atoms with E-state index in [1.165, 1.54) is 35.4 Å². The number of carbonyl (C=O) groups excluding carboxylic acids is 2. The number of hydrogen-bond donors (Lipinski definition) is 4. The summed E-state index contributed by atoms with van der Waals surface area (Å²) in [5, 5.41) is 46.1. The Balaban J connectivity index is 1.52. The van der Waals surface area contributed by atoms with Gasteiger partial charge in [-0.1, -0.05) is 52.7 Å². The first-order chi connectivity index (χ1) is 27.5. The maximum absolute atomic E-state index is 14.3. The second-order valence-electron chi connectivity index (χ2n) is 16.3. The van der Waals surface area contributed by atoms with E-state index in [1.54, 1.807) is 12.1 Å². The van der Waals surface area contributed by atoms with Crippen molar-refractivity contribution in [1.29, 1.82) is 0 Å². The lowest BCUT2D eigenvalue weighted by Gasteiger charge is -2.39. The zero-order chi connectivity index (χ0) is 42.0. The number of hydrogen-bond acceptors (Lipinski definition) is 8. The zero-order valence-electron chi connectivity index (χ0n) is 34.7. The molecule has 8 nitrogen and oxygen atoms in total. The standard InChI is InChI=1S/C50H54O8/c1-27(2)11-9-13-29(5)15-17-57-33-23-37-43(35-19-31(7)21-39(51)45(35)49(55)47(37)41(53)25-33)44-36-20-32(8)22-40(52)46(36)50(56)48-38(44)24-34(26-42(48)54)58-18-16-30(6)14-10-12-28(3)4/h11-13,16,19-26,43-44,51-54H,9-10,14-15,17-18H2,1-8H3/t43-,44-/m1/s1. The summed E-state index contributed by atoms with van der Waals surface area (Å²) < 4.78 is 12.5. The number of carbonyl (C=O) groups is 2. The number of aryl methyl sites for hydroxylation is 2. The number of phenolic OH excluding ortho intramolecular Hbond substituents is 4. The van der Waals surface area contributed by atoms with E-state index in [9.17, 15) is 30.0 Å². The highest BCUT2D eigenvalue weighted by atomic mass is 16.5. The van der Waals surface area contributed by atoms with Crippen LogP contribution < -0.4 is 9.47 Å². The summed E-state index contributed by atoms with van der Waals surface area (Å²) in [5.74, 6) is -3.16. The first-order valence-corrected chi connectivity index (χ1v) is 19.9. The highest BCUT2D eigenvalue weighted by Crippen LogP contribution is 2.57. The van der Waals surface area contributed by atoms with Gasteiger partial charge in [-0.05, 0) is 138 Å². The Morgan fingerprint density at radius 2 is 0.966 bits per heavy atom. The van der Waals surface area contributed by atoms with Crippen LogP contribution in [-0.2, 0) is 0 Å². The summed E-state index contributed by atoms with van der Waals surface area (Å²) in [7, 11) is 0. The van der Waals surface area contributed by atoms with Gasteiger partial charge in [0.25, 0.3) is 0 Å². The first kappa shape index (κ1) is 41.6. The molecule has 0 amide bonds. The number of ketones is 2. The van der Waals surface area contributed by atoms with Gasteiger partial charge in [-0.2, -0.15) is 0 Å². The van der Waals surface area contributed by atoms with Crippen LogP contribution in [0.2, 0.25) is 0 Å². The number of benzene rings is 4. The number of aromatic hydroxyl groups is 4. The third-order valence-corrected chi connectivity index (χ3v) is 10.9. The van der Waals surface area contributed by atoms with Gasteiger partial charge < -0.3 is 29.9 Å². The third-order valence-electron chi connectivity index (χ3n) is 10.9. The molecule has 4 aromatic carbocycles. The van der Waals surface area contributed by atoms with Crippen molar-refractivity contribution >= 4 is 11.6 Å². The van der Waals surface area contributed by atoms with Crippen molar-refractivity contribution in [2.45, 2.75) is 92.9 Å². The van der Waals surface area contributed by atoms with Crippen LogP contribution in [0, 0.1) is 13.8 Å². The smallest absolute Gasteiger partial charge is 0.201 e. The van der Waals surface area contributed by atoms with Crippen LogP contribution in [0.4, 0.5) is 0 Å². The van der Waals surface area contributed by atoms with E-state index in [2.05, 4.69) is 45.9 Å². The minimum atomic E-state index is -0.814. The van der Waals surface area contributed by atoms with Gasteiger partial charge in [0.1, 0.15) is 41.1 Å². The molecular weight excluding hydrogens is 729 g/mol. The van der Waals surface area contributed by atoms with Gasteiger partial charge >= 0.3 is 0 Å². The van der Waals surface area contributed by atoms with E-state index >= 15 is 0 Å². The molecule has 0 unspecified atom stereocenters. The van der Waals surface area contributed by atoms with Gasteiger partial charge in [0, 0.05) is 30.4 Å². The Hall–Kier alpha value is -6.02. The Kier molecular flexibility index (Phi) is 12.4. The molecule has 0 heterocycles. The van der Waals surface area contributed by atoms with Crippen LogP contribution in [0.25, 0.3) is 0 Å². The van der Waals surface area contributed by atoms with Crippen molar-refractivity contribution in [1.82, 2.24) is 0 Å². The molecule has 4 aromatic rings. The van der Waals surface area contributed by atoms with Gasteiger partial charge in [-0.25, -0.2) is 0 Å². The van der Waals surface area contributed by atoms with Crippen molar-refractivity contribution in [3.05, 3.63) is 151 Å². The lowest BCUT2D eigenvalue weighted by molar-refractivity contribution is 0.101. The van der Waals surface area contributed by atoms with Crippen LogP contribution >= 0.6 is 0 Å². The second-order valence-corrected chi connectivity index (χ2v) is 16.3. The highest BCUT2D eigenvalue weighted by molar-refractivity contribution is 6.18. The molecule has 0 saturated carbocycles. The summed E-state index contributed by atoms with van der Waals surface area (Å²) in [6.07, 6.45) is 11.7. The Morgan fingerprint density at radius 3 is 1.45 bits per heavy atom. The van der Waals surface area contributed by atoms with Crippen molar-refractivity contribution in [2.24, 2.45) is 0 Å². The molecule has 2 atom stereocenters. The Bertz CT molecular complexity index is 2420. The summed E-state index contributed by atoms with van der Waals surface area (Å²) in [4.78, 5) is 28.7. The monoisotopic (exact) mass is 782 g/mol. The van der Waals surface area contributed by atoms with Crippen LogP contribution in [-0.4, -0.2) is 45.2 Å². The number of allylic oxidation sites excluding steroid dienone is 6. The molecular formula is C50H54O8. The van der Waals surface area contributed by atoms with Gasteiger partial charge in [0.05, 0.1) is 28.9 Å². The maximum atomic E-state index is 14.3. The van der Waals surface area contributed by atoms with Crippen molar-refractivity contribution in [2.75, 3.05) is 13.2 Å². The van der Waals surface area contributed by atoms with Crippen LogP contribution in [0.5, 0.6) is 34.5 Å². The van der Waals surface area contributed by atoms with E-state index in [4.69, 9.17) is 9.47 Å². The fourth-order valence-electron chi connectivity index (χ4n) is 8.17. The lowest BCUT2D eigenvalue weighted by atomic mass is 9.63. The molecule has 0 aromatic heterocycles. The maximum Gasteiger partial charge on any atom is 0.201 e. The van der Waals surface area contributed by atoms with Crippen LogP contribution in [0.1, 0.15) is 144 Å². The van der Waals surface area contributed by atoms with Crippen LogP contribution in [0.3, 0.4) is 0 Å². The van der Waals surface area contributed by atoms with Gasteiger partial charge in [-0.15, -0.1) is 0 Å². The molecule has 6 rings (SSSR count). The van der Waals surface area contributed by atoms with Gasteiger partial charge in [0.15, 0.2) is 0 Å². The fourth-order valence-corrected chi connectivity index (χ4v) is 8.17. The normalized spacial score (nSPS) is 15.9. The molecule has 0 spiro atoms. The summed E-state index contributed by atoms with van der Waals surface area (Å²) in [5.41, 5.74) is 8.04. The quantitative estimate of drug-likeness (QED) is 0.0985. The second kappa shape index (κ2) is 17.2.